The van der Waals surface area contributed by atoms with Crippen LogP contribution < -0.4 is 5.32 Å². The third-order valence-corrected chi connectivity index (χ3v) is 1.88. The minimum atomic E-state index is -0.221. The van der Waals surface area contributed by atoms with Gasteiger partial charge in [0.2, 0.25) is 0 Å². The molecule has 66 valence electrons. The zero-order valence-corrected chi connectivity index (χ0v) is 7.19. The van der Waals surface area contributed by atoms with Gasteiger partial charge in [0.1, 0.15) is 0 Å². The maximum atomic E-state index is 11.3. The topological polar surface area (TPSA) is 46.9 Å². The van der Waals surface area contributed by atoms with Crippen LogP contribution in [0.25, 0.3) is 10.9 Å². The molecule has 0 spiro atoms. The molecule has 4 heteroatoms. The Balaban J connectivity index is 2.64. The average molecular weight is 175 g/mol. The van der Waals surface area contributed by atoms with Crippen molar-refractivity contribution >= 4 is 16.9 Å². The Kier molecular flexibility index (Phi) is 1.73. The molecule has 0 fully saturated rings. The van der Waals surface area contributed by atoms with Gasteiger partial charge in [0.05, 0.1) is 11.7 Å². The Morgan fingerprint density at radius 2 is 2.23 bits per heavy atom. The second-order valence-corrected chi connectivity index (χ2v) is 2.67. The molecule has 0 bridgehead atoms. The summed E-state index contributed by atoms with van der Waals surface area (Å²) in [5.41, 5.74) is 0.821. The molecule has 2 rings (SSSR count). The van der Waals surface area contributed by atoms with Gasteiger partial charge in [0, 0.05) is 12.4 Å². The first-order valence-corrected chi connectivity index (χ1v) is 3.98. The highest BCUT2D eigenvalue weighted by molar-refractivity contribution is 5.89. The number of fused-ring (bicyclic) bond motifs is 1. The molecule has 0 aliphatic rings. The van der Waals surface area contributed by atoms with Crippen molar-refractivity contribution in [3.05, 3.63) is 30.5 Å². The Morgan fingerprint density at radius 1 is 1.46 bits per heavy atom. The summed E-state index contributed by atoms with van der Waals surface area (Å²) in [6, 6.07) is 7.35. The molecule has 0 saturated carbocycles. The van der Waals surface area contributed by atoms with E-state index in [0.29, 0.717) is 0 Å². The molecule has 0 unspecified atom stereocenters. The lowest BCUT2D eigenvalue weighted by atomic mass is 10.3. The molecule has 1 N–H and O–H groups in total. The summed E-state index contributed by atoms with van der Waals surface area (Å²) in [5, 5.41) is 7.46. The number of carbonyl (C=O) groups is 1. The molecule has 0 saturated heterocycles. The first-order valence-electron chi connectivity index (χ1n) is 3.98. The van der Waals surface area contributed by atoms with Gasteiger partial charge >= 0.3 is 6.03 Å². The van der Waals surface area contributed by atoms with Crippen molar-refractivity contribution in [2.75, 3.05) is 7.05 Å². The third-order valence-electron chi connectivity index (χ3n) is 1.88. The van der Waals surface area contributed by atoms with Crippen molar-refractivity contribution in [1.29, 1.82) is 0 Å². The fourth-order valence-electron chi connectivity index (χ4n) is 1.24. The minimum absolute atomic E-state index is 0.221. The van der Waals surface area contributed by atoms with Crippen LogP contribution in [-0.4, -0.2) is 22.9 Å². The van der Waals surface area contributed by atoms with E-state index in [1.165, 1.54) is 4.68 Å². The zero-order valence-electron chi connectivity index (χ0n) is 7.19. The largest absolute Gasteiger partial charge is 0.342 e. The summed E-state index contributed by atoms with van der Waals surface area (Å²) in [5.74, 6) is 0. The van der Waals surface area contributed by atoms with Gasteiger partial charge < -0.3 is 5.32 Å². The molecule has 1 aromatic carbocycles. The molecule has 0 aliphatic heterocycles. The van der Waals surface area contributed by atoms with Crippen LogP contribution in [0.1, 0.15) is 0 Å². The third kappa shape index (κ3) is 1.16. The monoisotopic (exact) mass is 175 g/mol. The van der Waals surface area contributed by atoms with Crippen LogP contribution in [0.15, 0.2) is 30.5 Å². The van der Waals surface area contributed by atoms with Crippen molar-refractivity contribution in [1.82, 2.24) is 15.1 Å². The molecule has 1 amide bonds. The number of rotatable bonds is 0. The number of carbonyl (C=O) groups excluding carboxylic acids is 1. The van der Waals surface area contributed by atoms with Crippen molar-refractivity contribution in [2.45, 2.75) is 0 Å². The maximum absolute atomic E-state index is 11.3. The van der Waals surface area contributed by atoms with Gasteiger partial charge in [-0.3, -0.25) is 0 Å². The van der Waals surface area contributed by atoms with Crippen molar-refractivity contribution in [3.63, 3.8) is 0 Å². The Bertz CT molecular complexity index is 447. The molecule has 4 nitrogen and oxygen atoms in total. The number of aromatic nitrogens is 2. The van der Waals surface area contributed by atoms with Crippen LogP contribution in [0.2, 0.25) is 0 Å². The van der Waals surface area contributed by atoms with Gasteiger partial charge in [-0.05, 0) is 6.07 Å². The van der Waals surface area contributed by atoms with Crippen LogP contribution in [0.4, 0.5) is 4.79 Å². The van der Waals surface area contributed by atoms with E-state index in [2.05, 4.69) is 10.4 Å². The van der Waals surface area contributed by atoms with Crippen molar-refractivity contribution in [2.24, 2.45) is 0 Å². The summed E-state index contributed by atoms with van der Waals surface area (Å²) < 4.78 is 1.34. The van der Waals surface area contributed by atoms with Crippen LogP contribution >= 0.6 is 0 Å². The lowest BCUT2D eigenvalue weighted by molar-refractivity contribution is 0.242. The second kappa shape index (κ2) is 2.90. The molecule has 2 aromatic rings. The highest BCUT2D eigenvalue weighted by Gasteiger charge is 2.06. The maximum Gasteiger partial charge on any atom is 0.342 e. The number of nitrogens with one attached hydrogen (secondary N) is 1. The molecule has 1 aromatic heterocycles. The highest BCUT2D eigenvalue weighted by atomic mass is 16.2. The number of para-hydroxylation sites is 1. The van der Waals surface area contributed by atoms with E-state index in [4.69, 9.17) is 0 Å². The smallest absolute Gasteiger partial charge is 0.339 e. The van der Waals surface area contributed by atoms with Gasteiger partial charge in [-0.1, -0.05) is 18.2 Å². The standard InChI is InChI=1S/C9H9N3O/c1-10-9(13)12-8-5-3-2-4-7(8)6-11-12/h2-6H,1H3,(H,10,13). The normalized spacial score (nSPS) is 10.2. The van der Waals surface area contributed by atoms with Crippen LogP contribution in [0.3, 0.4) is 0 Å². The van der Waals surface area contributed by atoms with Gasteiger partial charge in [-0.2, -0.15) is 9.78 Å². The van der Waals surface area contributed by atoms with Gasteiger partial charge in [-0.15, -0.1) is 0 Å². The Labute approximate surface area is 75.2 Å². The fraction of sp³-hybridized carbons (Fsp3) is 0.111. The summed E-state index contributed by atoms with van der Waals surface area (Å²) in [6.07, 6.45) is 1.67. The number of nitrogens with zero attached hydrogens (tertiary/aromatic N) is 2. The second-order valence-electron chi connectivity index (χ2n) is 2.67. The van der Waals surface area contributed by atoms with Crippen LogP contribution in [0, 0.1) is 0 Å². The van der Waals surface area contributed by atoms with Crippen molar-refractivity contribution < 1.29 is 4.79 Å². The van der Waals surface area contributed by atoms with Crippen LogP contribution in [-0.2, 0) is 0 Å². The van der Waals surface area contributed by atoms with Gasteiger partial charge in [0.15, 0.2) is 0 Å². The zero-order chi connectivity index (χ0) is 9.26. The summed E-state index contributed by atoms with van der Waals surface area (Å²) >= 11 is 0. The van der Waals surface area contributed by atoms with E-state index < -0.39 is 0 Å². The highest BCUT2D eigenvalue weighted by Crippen LogP contribution is 2.11. The number of hydrogen-bond donors (Lipinski definition) is 1. The Morgan fingerprint density at radius 3 is 3.00 bits per heavy atom. The summed E-state index contributed by atoms with van der Waals surface area (Å²) in [4.78, 5) is 11.3. The lowest BCUT2D eigenvalue weighted by Crippen LogP contribution is -2.25. The first kappa shape index (κ1) is 7.79. The predicted molar refractivity (Wildman–Crippen MR) is 49.6 cm³/mol. The molecule has 0 atom stereocenters. The lowest BCUT2D eigenvalue weighted by Gasteiger charge is -1.99. The first-order chi connectivity index (χ1) is 6.33. The van der Waals surface area contributed by atoms with E-state index in [9.17, 15) is 4.79 Å². The predicted octanol–water partition coefficient (Wildman–Crippen LogP) is 1.22. The van der Waals surface area contributed by atoms with Gasteiger partial charge in [-0.25, -0.2) is 4.79 Å². The molecule has 1 heterocycles. The molecule has 0 radical (unpaired) electrons. The van der Waals surface area contributed by atoms with E-state index in [0.717, 1.165) is 10.9 Å². The quantitative estimate of drug-likeness (QED) is 0.654. The number of benzene rings is 1. The van der Waals surface area contributed by atoms with Crippen molar-refractivity contribution in [3.8, 4) is 0 Å². The Hall–Kier alpha value is -1.84. The van der Waals surface area contributed by atoms with E-state index in [1.54, 1.807) is 13.2 Å². The van der Waals surface area contributed by atoms with E-state index in [1.807, 2.05) is 24.3 Å². The average Bonchev–Trinajstić information content (AvgIpc) is 2.60. The molecular formula is C9H9N3O. The molecular weight excluding hydrogens is 166 g/mol. The molecule has 13 heavy (non-hydrogen) atoms. The van der Waals surface area contributed by atoms with E-state index in [-0.39, 0.29) is 6.03 Å². The van der Waals surface area contributed by atoms with Gasteiger partial charge in [0.25, 0.3) is 0 Å². The number of hydrogen-bond acceptors (Lipinski definition) is 2. The molecule has 0 aliphatic carbocycles. The fourth-order valence-corrected chi connectivity index (χ4v) is 1.24. The summed E-state index contributed by atoms with van der Waals surface area (Å²) in [6.45, 7) is 0. The minimum Gasteiger partial charge on any atom is -0.339 e. The number of amides is 1. The van der Waals surface area contributed by atoms with E-state index >= 15 is 0 Å². The SMILES string of the molecule is CNC(=O)n1ncc2ccccc21. The summed E-state index contributed by atoms with van der Waals surface area (Å²) in [7, 11) is 1.58. The van der Waals surface area contributed by atoms with Crippen LogP contribution in [0.5, 0.6) is 0 Å².